The summed E-state index contributed by atoms with van der Waals surface area (Å²) in [6.07, 6.45) is 3.12. The molecule has 0 saturated carbocycles. The van der Waals surface area contributed by atoms with E-state index in [0.717, 1.165) is 36.7 Å². The first kappa shape index (κ1) is 24.7. The van der Waals surface area contributed by atoms with Crippen molar-refractivity contribution in [1.82, 2.24) is 13.7 Å². The van der Waals surface area contributed by atoms with Gasteiger partial charge in [-0.05, 0) is 56.5 Å². The number of benzene rings is 2. The van der Waals surface area contributed by atoms with Crippen LogP contribution in [0.4, 0.5) is 11.4 Å². The molecule has 2 aromatic carbocycles. The van der Waals surface area contributed by atoms with Crippen LogP contribution in [0.5, 0.6) is 0 Å². The summed E-state index contributed by atoms with van der Waals surface area (Å²) in [5, 5.41) is 2.78. The van der Waals surface area contributed by atoms with Crippen molar-refractivity contribution < 1.29 is 13.2 Å². The number of para-hydroxylation sites is 1. The Hall–Kier alpha value is -3.37. The number of anilines is 2. The lowest BCUT2D eigenvalue weighted by Gasteiger charge is -2.30. The van der Waals surface area contributed by atoms with Gasteiger partial charge in [-0.25, -0.2) is 17.4 Å². The first-order valence-electron chi connectivity index (χ1n) is 11.6. The third-order valence-corrected chi connectivity index (χ3v) is 8.29. The normalized spacial score (nSPS) is 14.4. The van der Waals surface area contributed by atoms with E-state index in [0.29, 0.717) is 17.1 Å². The Kier molecular flexibility index (Phi) is 6.86. The molecule has 0 atom stereocenters. The molecule has 0 aliphatic carbocycles. The first-order chi connectivity index (χ1) is 16.6. The number of nitrogens with one attached hydrogen (secondary N) is 1. The van der Waals surface area contributed by atoms with Crippen LogP contribution < -0.4 is 15.8 Å². The molecule has 0 unspecified atom stereocenters. The molecule has 1 aliphatic rings. The molecule has 2 heterocycles. The van der Waals surface area contributed by atoms with Gasteiger partial charge in [0.15, 0.2) is 0 Å². The molecule has 1 aromatic heterocycles. The van der Waals surface area contributed by atoms with Gasteiger partial charge in [-0.2, -0.15) is 0 Å². The molecular weight excluding hydrogens is 466 g/mol. The van der Waals surface area contributed by atoms with Gasteiger partial charge in [-0.3, -0.25) is 14.3 Å². The Bertz CT molecular complexity index is 1400. The summed E-state index contributed by atoms with van der Waals surface area (Å²) in [6.45, 7) is 3.32. The van der Waals surface area contributed by atoms with Crippen LogP contribution in [-0.2, 0) is 17.1 Å². The largest absolute Gasteiger partial charge is 0.371 e. The molecule has 1 saturated heterocycles. The van der Waals surface area contributed by atoms with Gasteiger partial charge in [0.1, 0.15) is 5.69 Å². The van der Waals surface area contributed by atoms with E-state index in [2.05, 4.69) is 10.2 Å². The third kappa shape index (κ3) is 4.63. The van der Waals surface area contributed by atoms with Gasteiger partial charge in [0.05, 0.1) is 21.8 Å². The van der Waals surface area contributed by atoms with E-state index in [-0.39, 0.29) is 21.7 Å². The van der Waals surface area contributed by atoms with Crippen LogP contribution in [-0.4, -0.2) is 55.2 Å². The van der Waals surface area contributed by atoms with E-state index in [1.54, 1.807) is 24.7 Å². The van der Waals surface area contributed by atoms with E-state index in [1.165, 1.54) is 30.9 Å². The molecule has 186 valence electrons. The van der Waals surface area contributed by atoms with Crippen LogP contribution in [0.2, 0.25) is 0 Å². The van der Waals surface area contributed by atoms with E-state index < -0.39 is 15.9 Å². The zero-order valence-corrected chi connectivity index (χ0v) is 21.3. The molecule has 35 heavy (non-hydrogen) atoms. The number of hydrogen-bond acceptors (Lipinski definition) is 5. The van der Waals surface area contributed by atoms with Gasteiger partial charge in [-0.1, -0.05) is 18.2 Å². The molecule has 1 aliphatic heterocycles. The van der Waals surface area contributed by atoms with Crippen LogP contribution in [0.25, 0.3) is 5.69 Å². The number of hydrogen-bond donors (Lipinski definition) is 1. The third-order valence-electron chi connectivity index (χ3n) is 6.48. The number of rotatable bonds is 6. The maximum absolute atomic E-state index is 13.6. The van der Waals surface area contributed by atoms with Crippen molar-refractivity contribution in [3.63, 3.8) is 0 Å². The van der Waals surface area contributed by atoms with Crippen molar-refractivity contribution in [3.05, 3.63) is 70.1 Å². The topological polar surface area (TPSA) is 96.7 Å². The van der Waals surface area contributed by atoms with E-state index >= 15 is 0 Å². The fourth-order valence-corrected chi connectivity index (χ4v) is 5.30. The lowest BCUT2D eigenvalue weighted by atomic mass is 10.1. The molecule has 0 bridgehead atoms. The van der Waals surface area contributed by atoms with Crippen LogP contribution >= 0.6 is 0 Å². The molecule has 0 radical (unpaired) electrons. The zero-order valence-electron chi connectivity index (χ0n) is 20.5. The summed E-state index contributed by atoms with van der Waals surface area (Å²) in [6, 6.07) is 13.8. The summed E-state index contributed by atoms with van der Waals surface area (Å²) in [5.74, 6) is -0.521. The van der Waals surface area contributed by atoms with Crippen molar-refractivity contribution in [2.75, 3.05) is 37.4 Å². The van der Waals surface area contributed by atoms with Gasteiger partial charge in [0, 0.05) is 39.9 Å². The molecule has 1 amide bonds. The van der Waals surface area contributed by atoms with E-state index in [1.807, 2.05) is 30.3 Å². The molecular formula is C25H31N5O4S. The summed E-state index contributed by atoms with van der Waals surface area (Å²) in [7, 11) is 0.912. The molecule has 1 N–H and O–H groups in total. The highest BCUT2D eigenvalue weighted by Gasteiger charge is 2.26. The van der Waals surface area contributed by atoms with Crippen molar-refractivity contribution >= 4 is 27.3 Å². The Morgan fingerprint density at radius 3 is 2.29 bits per heavy atom. The number of sulfonamides is 1. The maximum atomic E-state index is 13.6. The summed E-state index contributed by atoms with van der Waals surface area (Å²) in [4.78, 5) is 29.0. The van der Waals surface area contributed by atoms with Gasteiger partial charge in [0.2, 0.25) is 10.0 Å². The predicted molar refractivity (Wildman–Crippen MR) is 137 cm³/mol. The summed E-state index contributed by atoms with van der Waals surface area (Å²) in [5.41, 5.74) is 1.95. The highest BCUT2D eigenvalue weighted by molar-refractivity contribution is 7.89. The van der Waals surface area contributed by atoms with Gasteiger partial charge in [0.25, 0.3) is 11.5 Å². The second-order valence-corrected chi connectivity index (χ2v) is 11.1. The standard InChI is InChI=1S/C25H31N5O4S/c1-18-23(25(32)30(28(18)4)19-11-7-5-8-12-19)26-24(31)21-17-20(35(33,34)27(2)3)13-14-22(21)29-15-9-6-10-16-29/h5,7-8,11-14,17H,6,9-10,15-16H2,1-4H3,(H,26,31). The molecule has 10 heteroatoms. The average Bonchev–Trinajstić information content (AvgIpc) is 3.07. The number of carbonyl (C=O) groups excluding carboxylic acids is 1. The average molecular weight is 498 g/mol. The highest BCUT2D eigenvalue weighted by atomic mass is 32.2. The highest BCUT2D eigenvalue weighted by Crippen LogP contribution is 2.29. The molecule has 3 aromatic rings. The minimum absolute atomic E-state index is 0.0277. The predicted octanol–water partition coefficient (Wildman–Crippen LogP) is 2.98. The van der Waals surface area contributed by atoms with Gasteiger partial charge in [-0.15, -0.1) is 0 Å². The zero-order chi connectivity index (χ0) is 25.3. The summed E-state index contributed by atoms with van der Waals surface area (Å²) < 4.78 is 29.9. The number of carbonyl (C=O) groups is 1. The van der Waals surface area contributed by atoms with Crippen LogP contribution in [0.3, 0.4) is 0 Å². The van der Waals surface area contributed by atoms with Crippen molar-refractivity contribution in [2.45, 2.75) is 31.1 Å². The summed E-state index contributed by atoms with van der Waals surface area (Å²) >= 11 is 0. The maximum Gasteiger partial charge on any atom is 0.295 e. The van der Waals surface area contributed by atoms with E-state index in [9.17, 15) is 18.0 Å². The molecule has 0 spiro atoms. The smallest absolute Gasteiger partial charge is 0.295 e. The molecule has 4 rings (SSSR count). The second kappa shape index (κ2) is 9.71. The Morgan fingerprint density at radius 2 is 1.66 bits per heavy atom. The minimum Gasteiger partial charge on any atom is -0.371 e. The van der Waals surface area contributed by atoms with Crippen LogP contribution in [0, 0.1) is 6.92 Å². The Morgan fingerprint density at radius 1 is 1.00 bits per heavy atom. The Balaban J connectivity index is 1.78. The van der Waals surface area contributed by atoms with Gasteiger partial charge < -0.3 is 10.2 Å². The first-order valence-corrected chi connectivity index (χ1v) is 13.0. The van der Waals surface area contributed by atoms with Crippen molar-refractivity contribution in [3.8, 4) is 5.69 Å². The van der Waals surface area contributed by atoms with Crippen molar-refractivity contribution in [1.29, 1.82) is 0 Å². The van der Waals surface area contributed by atoms with Crippen LogP contribution in [0.1, 0.15) is 35.3 Å². The number of nitrogens with zero attached hydrogens (tertiary/aromatic N) is 4. The monoisotopic (exact) mass is 497 g/mol. The number of piperidine rings is 1. The minimum atomic E-state index is -3.74. The number of amides is 1. The SMILES string of the molecule is Cc1c(NC(=O)c2cc(S(=O)(=O)N(C)C)ccc2N2CCCCC2)c(=O)n(-c2ccccc2)n1C. The molecule has 9 nitrogen and oxygen atoms in total. The van der Waals surface area contributed by atoms with Gasteiger partial charge >= 0.3 is 0 Å². The molecule has 1 fully saturated rings. The number of aromatic nitrogens is 2. The fraction of sp³-hybridized carbons (Fsp3) is 0.360. The lowest BCUT2D eigenvalue weighted by Crippen LogP contribution is -2.32. The fourth-order valence-electron chi connectivity index (χ4n) is 4.37. The quantitative estimate of drug-likeness (QED) is 0.565. The van der Waals surface area contributed by atoms with Crippen molar-refractivity contribution in [2.24, 2.45) is 7.05 Å². The second-order valence-electron chi connectivity index (χ2n) is 8.90. The van der Waals surface area contributed by atoms with E-state index in [4.69, 9.17) is 0 Å². The van der Waals surface area contributed by atoms with Crippen LogP contribution in [0.15, 0.2) is 58.2 Å². The lowest BCUT2D eigenvalue weighted by molar-refractivity contribution is 0.102. The Labute approximate surface area is 205 Å².